The van der Waals surface area contributed by atoms with E-state index in [-0.39, 0.29) is 22.4 Å². The summed E-state index contributed by atoms with van der Waals surface area (Å²) < 4.78 is 32.5. The lowest BCUT2D eigenvalue weighted by molar-refractivity contribution is 0.159. The molecule has 0 radical (unpaired) electrons. The normalized spacial score (nSPS) is 13.0. The van der Waals surface area contributed by atoms with Crippen molar-refractivity contribution >= 4 is 17.3 Å². The third kappa shape index (κ3) is 3.81. The summed E-state index contributed by atoms with van der Waals surface area (Å²) in [5, 5.41) is 30.2. The molecule has 0 spiro atoms. The van der Waals surface area contributed by atoms with Crippen LogP contribution in [0, 0.1) is 29.9 Å². The van der Waals surface area contributed by atoms with Gasteiger partial charge in [-0.05, 0) is 43.7 Å². The first-order chi connectivity index (χ1) is 13.3. The zero-order valence-corrected chi connectivity index (χ0v) is 15.6. The number of rotatable bonds is 5. The van der Waals surface area contributed by atoms with Gasteiger partial charge in [0.2, 0.25) is 5.89 Å². The predicted octanol–water partition coefficient (Wildman–Crippen LogP) is 4.38. The first-order valence-electron chi connectivity index (χ1n) is 8.24. The number of aromatic nitrogens is 2. The van der Waals surface area contributed by atoms with Crippen LogP contribution in [-0.2, 0) is 0 Å². The van der Waals surface area contributed by atoms with Crippen molar-refractivity contribution in [3.63, 3.8) is 0 Å². The van der Waals surface area contributed by atoms with E-state index in [1.807, 2.05) is 6.07 Å². The molecular weight excluding hydrogens is 390 g/mol. The van der Waals surface area contributed by atoms with E-state index in [2.05, 4.69) is 15.5 Å². The summed E-state index contributed by atoms with van der Waals surface area (Å²) in [6, 6.07) is 7.34. The van der Waals surface area contributed by atoms with Gasteiger partial charge in [0.1, 0.15) is 23.7 Å². The molecule has 0 aliphatic carbocycles. The van der Waals surface area contributed by atoms with Crippen LogP contribution in [0.25, 0.3) is 11.5 Å². The lowest BCUT2D eigenvalue weighted by atomic mass is 10.1. The Morgan fingerprint density at radius 1 is 1.25 bits per heavy atom. The van der Waals surface area contributed by atoms with Crippen LogP contribution in [0.3, 0.4) is 0 Å². The quantitative estimate of drug-likeness (QED) is 0.655. The largest absolute Gasteiger partial charge is 0.418 e. The fourth-order valence-corrected chi connectivity index (χ4v) is 2.82. The summed E-state index contributed by atoms with van der Waals surface area (Å²) in [5.74, 6) is -1.70. The highest BCUT2D eigenvalue weighted by molar-refractivity contribution is 6.32. The predicted molar refractivity (Wildman–Crippen MR) is 98.6 cm³/mol. The molecule has 2 N–H and O–H groups in total. The number of aliphatic hydroxyl groups excluding tert-OH is 1. The minimum absolute atomic E-state index is 0.00797. The van der Waals surface area contributed by atoms with Gasteiger partial charge in [0.15, 0.2) is 0 Å². The zero-order chi connectivity index (χ0) is 20.4. The monoisotopic (exact) mass is 404 g/mol. The van der Waals surface area contributed by atoms with E-state index in [1.165, 1.54) is 13.0 Å². The van der Waals surface area contributed by atoms with E-state index in [9.17, 15) is 13.9 Å². The zero-order valence-electron chi connectivity index (χ0n) is 14.9. The highest BCUT2D eigenvalue weighted by atomic mass is 35.5. The van der Waals surface area contributed by atoms with Crippen LogP contribution >= 0.6 is 11.6 Å². The second kappa shape index (κ2) is 7.92. The fraction of sp³-hybridized carbons (Fsp3) is 0.211. The Kier molecular flexibility index (Phi) is 5.58. The molecule has 3 rings (SSSR count). The second-order valence-corrected chi connectivity index (χ2v) is 6.52. The van der Waals surface area contributed by atoms with E-state index in [0.717, 1.165) is 6.07 Å². The first-order valence-corrected chi connectivity index (χ1v) is 8.62. The molecular formula is C19H15ClF2N4O2. The first kappa shape index (κ1) is 19.7. The molecule has 0 saturated heterocycles. The molecule has 1 aromatic heterocycles. The molecule has 0 aliphatic heterocycles. The number of hydrogen-bond donors (Lipinski definition) is 2. The maximum atomic E-state index is 13.9. The van der Waals surface area contributed by atoms with Gasteiger partial charge in [0.05, 0.1) is 22.3 Å². The van der Waals surface area contributed by atoms with Gasteiger partial charge in [-0.2, -0.15) is 5.26 Å². The molecule has 28 heavy (non-hydrogen) atoms. The molecule has 0 unspecified atom stereocenters. The van der Waals surface area contributed by atoms with Crippen molar-refractivity contribution < 1.29 is 18.3 Å². The number of benzene rings is 2. The van der Waals surface area contributed by atoms with Gasteiger partial charge in [0, 0.05) is 11.8 Å². The number of aliphatic hydroxyl groups is 1. The summed E-state index contributed by atoms with van der Waals surface area (Å²) in [7, 11) is 0. The van der Waals surface area contributed by atoms with Crippen molar-refractivity contribution in [1.29, 1.82) is 5.26 Å². The van der Waals surface area contributed by atoms with E-state index >= 15 is 0 Å². The van der Waals surface area contributed by atoms with Crippen molar-refractivity contribution in [3.8, 4) is 17.5 Å². The maximum absolute atomic E-state index is 13.9. The van der Waals surface area contributed by atoms with Crippen LogP contribution in [0.5, 0.6) is 0 Å². The van der Waals surface area contributed by atoms with Gasteiger partial charge < -0.3 is 14.8 Å². The molecule has 0 saturated carbocycles. The van der Waals surface area contributed by atoms with Crippen LogP contribution in [0.1, 0.15) is 30.0 Å². The van der Waals surface area contributed by atoms with Gasteiger partial charge in [-0.3, -0.25) is 0 Å². The van der Waals surface area contributed by atoms with Crippen LogP contribution in [0.4, 0.5) is 14.5 Å². The van der Waals surface area contributed by atoms with E-state index in [4.69, 9.17) is 21.3 Å². The average Bonchev–Trinajstić information content (AvgIpc) is 3.12. The van der Waals surface area contributed by atoms with Gasteiger partial charge >= 0.3 is 0 Å². The summed E-state index contributed by atoms with van der Waals surface area (Å²) in [6.07, 6.45) is -0.958. The Balaban J connectivity index is 1.93. The molecule has 0 aliphatic rings. The van der Waals surface area contributed by atoms with Crippen molar-refractivity contribution in [2.24, 2.45) is 0 Å². The lowest BCUT2D eigenvalue weighted by Crippen LogP contribution is -2.23. The van der Waals surface area contributed by atoms with Crippen molar-refractivity contribution in [2.45, 2.75) is 26.0 Å². The molecule has 1 heterocycles. The molecule has 6 nitrogen and oxygen atoms in total. The fourth-order valence-electron chi connectivity index (χ4n) is 2.62. The molecule has 0 amide bonds. The molecule has 144 valence electrons. The van der Waals surface area contributed by atoms with Crippen molar-refractivity contribution in [2.75, 3.05) is 5.32 Å². The van der Waals surface area contributed by atoms with E-state index in [1.54, 1.807) is 19.1 Å². The van der Waals surface area contributed by atoms with Crippen LogP contribution in [-0.4, -0.2) is 21.4 Å². The Labute approximate surface area is 164 Å². The highest BCUT2D eigenvalue weighted by Gasteiger charge is 2.26. The summed E-state index contributed by atoms with van der Waals surface area (Å²) in [6.45, 7) is 3.23. The SMILES string of the molecule is Cc1c(N[C@@H](c2nnc(-c3ccc(F)cc3F)o2)[C@@H](C)O)ccc(C#N)c1Cl. The van der Waals surface area contributed by atoms with Crippen LogP contribution < -0.4 is 5.32 Å². The standard InChI is InChI=1S/C19H15ClF2N4O2/c1-9-15(6-3-11(8-23)16(9)20)24-17(10(2)27)19-26-25-18(28-19)13-5-4-12(21)7-14(13)22/h3-7,10,17,24,27H,1-2H3/t10-,17-/m1/s1. The van der Waals surface area contributed by atoms with Crippen LogP contribution in [0.2, 0.25) is 5.02 Å². The molecule has 9 heteroatoms. The van der Waals surface area contributed by atoms with Crippen molar-refractivity contribution in [3.05, 3.63) is 64.0 Å². The Bertz CT molecular complexity index is 1060. The minimum atomic E-state index is -0.958. The molecule has 2 atom stereocenters. The molecule has 0 bridgehead atoms. The Hall–Kier alpha value is -3.02. The average molecular weight is 405 g/mol. The molecule has 0 fully saturated rings. The third-order valence-electron chi connectivity index (χ3n) is 4.17. The van der Waals surface area contributed by atoms with Gasteiger partial charge in [0.25, 0.3) is 5.89 Å². The summed E-state index contributed by atoms with van der Waals surface area (Å²) >= 11 is 6.17. The number of nitriles is 1. The maximum Gasteiger partial charge on any atom is 0.250 e. The topological polar surface area (TPSA) is 95.0 Å². The molecule has 3 aromatic rings. The number of nitrogens with zero attached hydrogens (tertiary/aromatic N) is 3. The smallest absolute Gasteiger partial charge is 0.250 e. The minimum Gasteiger partial charge on any atom is -0.418 e. The van der Waals surface area contributed by atoms with Gasteiger partial charge in [-0.25, -0.2) is 8.78 Å². The van der Waals surface area contributed by atoms with Gasteiger partial charge in [-0.15, -0.1) is 10.2 Å². The Morgan fingerprint density at radius 2 is 2.00 bits per heavy atom. The summed E-state index contributed by atoms with van der Waals surface area (Å²) in [5.41, 5.74) is 1.44. The lowest BCUT2D eigenvalue weighted by Gasteiger charge is -2.21. The van der Waals surface area contributed by atoms with Gasteiger partial charge in [-0.1, -0.05) is 11.6 Å². The number of hydrogen-bond acceptors (Lipinski definition) is 6. The van der Waals surface area contributed by atoms with Crippen molar-refractivity contribution in [1.82, 2.24) is 10.2 Å². The number of anilines is 1. The number of halogens is 3. The highest BCUT2D eigenvalue weighted by Crippen LogP contribution is 2.32. The third-order valence-corrected chi connectivity index (χ3v) is 4.66. The Morgan fingerprint density at radius 3 is 2.64 bits per heavy atom. The van der Waals surface area contributed by atoms with E-state index in [0.29, 0.717) is 22.9 Å². The van der Waals surface area contributed by atoms with E-state index < -0.39 is 23.8 Å². The number of nitrogens with one attached hydrogen (secondary N) is 1. The molecule has 2 aromatic carbocycles. The van der Waals surface area contributed by atoms with Crippen LogP contribution in [0.15, 0.2) is 34.7 Å². The second-order valence-electron chi connectivity index (χ2n) is 6.14. The summed E-state index contributed by atoms with van der Waals surface area (Å²) in [4.78, 5) is 0.